The van der Waals surface area contributed by atoms with Gasteiger partial charge >= 0.3 is 5.97 Å². The molecule has 104 valence electrons. The van der Waals surface area contributed by atoms with Gasteiger partial charge in [-0.1, -0.05) is 30.3 Å². The molecule has 0 fully saturated rings. The van der Waals surface area contributed by atoms with Crippen LogP contribution in [0.5, 0.6) is 0 Å². The number of carboxylic acids is 1. The summed E-state index contributed by atoms with van der Waals surface area (Å²) in [6.07, 6.45) is 2.09. The van der Waals surface area contributed by atoms with Crippen LogP contribution >= 0.6 is 0 Å². The molecule has 1 amide bonds. The highest BCUT2D eigenvalue weighted by Gasteiger charge is 2.20. The smallest absolute Gasteiger partial charge is 0.357 e. The van der Waals surface area contributed by atoms with E-state index in [1.54, 1.807) is 7.05 Å². The van der Waals surface area contributed by atoms with E-state index in [0.29, 0.717) is 13.0 Å². The van der Waals surface area contributed by atoms with Gasteiger partial charge in [0.15, 0.2) is 5.69 Å². The van der Waals surface area contributed by atoms with Gasteiger partial charge in [-0.2, -0.15) is 5.10 Å². The molecule has 0 bridgehead atoms. The number of nitrogens with one attached hydrogen (secondary N) is 1. The lowest BCUT2D eigenvalue weighted by Gasteiger charge is -2.04. The first-order chi connectivity index (χ1) is 9.58. The second kappa shape index (κ2) is 6.01. The second-order valence-corrected chi connectivity index (χ2v) is 4.36. The Morgan fingerprint density at radius 2 is 2.00 bits per heavy atom. The van der Waals surface area contributed by atoms with E-state index in [-0.39, 0.29) is 11.3 Å². The molecule has 6 nitrogen and oxygen atoms in total. The molecule has 2 aromatic rings. The molecule has 1 aromatic carbocycles. The van der Waals surface area contributed by atoms with Crippen LogP contribution in [0, 0.1) is 0 Å². The van der Waals surface area contributed by atoms with E-state index in [2.05, 4.69) is 10.4 Å². The van der Waals surface area contributed by atoms with Gasteiger partial charge in [-0.15, -0.1) is 0 Å². The van der Waals surface area contributed by atoms with Crippen molar-refractivity contribution < 1.29 is 14.7 Å². The van der Waals surface area contributed by atoms with Crippen LogP contribution in [0.15, 0.2) is 36.5 Å². The fourth-order valence-corrected chi connectivity index (χ4v) is 1.87. The lowest BCUT2D eigenvalue weighted by molar-refractivity contribution is 0.0684. The SMILES string of the molecule is Cn1cc(C(=O)NCCc2ccccc2)c(C(=O)O)n1. The first-order valence-electron chi connectivity index (χ1n) is 6.17. The Morgan fingerprint density at radius 1 is 1.30 bits per heavy atom. The van der Waals surface area contributed by atoms with Crippen LogP contribution in [0.3, 0.4) is 0 Å². The van der Waals surface area contributed by atoms with Crippen LogP contribution < -0.4 is 5.32 Å². The van der Waals surface area contributed by atoms with Crippen molar-refractivity contribution in [2.24, 2.45) is 7.05 Å². The Morgan fingerprint density at radius 3 is 2.65 bits per heavy atom. The molecule has 0 atom stereocenters. The Labute approximate surface area is 116 Å². The molecule has 0 unspecified atom stereocenters. The van der Waals surface area contributed by atoms with Gasteiger partial charge in [0.05, 0.1) is 5.56 Å². The van der Waals surface area contributed by atoms with Crippen LogP contribution in [-0.4, -0.2) is 33.3 Å². The second-order valence-electron chi connectivity index (χ2n) is 4.36. The summed E-state index contributed by atoms with van der Waals surface area (Å²) in [4.78, 5) is 22.9. The number of benzene rings is 1. The number of carbonyl (C=O) groups excluding carboxylic acids is 1. The Balaban J connectivity index is 1.97. The number of hydrogen-bond acceptors (Lipinski definition) is 3. The minimum atomic E-state index is -1.21. The molecule has 1 aromatic heterocycles. The summed E-state index contributed by atoms with van der Waals surface area (Å²) in [5, 5.41) is 15.4. The molecular formula is C14H15N3O3. The van der Waals surface area contributed by atoms with Gasteiger partial charge in [0.1, 0.15) is 0 Å². The predicted octanol–water partition coefficient (Wildman–Crippen LogP) is 1.09. The summed E-state index contributed by atoms with van der Waals surface area (Å²) in [7, 11) is 1.58. The number of amides is 1. The lowest BCUT2D eigenvalue weighted by Crippen LogP contribution is -2.26. The summed E-state index contributed by atoms with van der Waals surface area (Å²) < 4.78 is 1.32. The predicted molar refractivity (Wildman–Crippen MR) is 72.6 cm³/mol. The average molecular weight is 273 g/mol. The molecule has 2 rings (SSSR count). The van der Waals surface area contributed by atoms with Crippen molar-refractivity contribution in [2.45, 2.75) is 6.42 Å². The molecule has 0 aliphatic heterocycles. The summed E-state index contributed by atoms with van der Waals surface area (Å²) in [6.45, 7) is 0.441. The molecule has 6 heteroatoms. The summed E-state index contributed by atoms with van der Waals surface area (Å²) in [5.74, 6) is -1.63. The van der Waals surface area contributed by atoms with Crippen molar-refractivity contribution >= 4 is 11.9 Å². The van der Waals surface area contributed by atoms with Crippen LogP contribution in [0.25, 0.3) is 0 Å². The highest BCUT2D eigenvalue weighted by atomic mass is 16.4. The van der Waals surface area contributed by atoms with Crippen molar-refractivity contribution in [1.29, 1.82) is 0 Å². The molecule has 0 aliphatic rings. The maximum atomic E-state index is 11.9. The van der Waals surface area contributed by atoms with E-state index in [1.165, 1.54) is 10.9 Å². The van der Waals surface area contributed by atoms with E-state index in [1.807, 2.05) is 30.3 Å². The van der Waals surface area contributed by atoms with Crippen LogP contribution in [0.1, 0.15) is 26.4 Å². The van der Waals surface area contributed by atoms with Gasteiger partial charge in [0, 0.05) is 19.8 Å². The number of aromatic nitrogens is 2. The molecule has 0 saturated carbocycles. The Kier molecular flexibility index (Phi) is 4.14. The summed E-state index contributed by atoms with van der Waals surface area (Å²) in [6, 6.07) is 9.73. The fourth-order valence-electron chi connectivity index (χ4n) is 1.87. The van der Waals surface area contributed by atoms with Gasteiger partial charge < -0.3 is 10.4 Å². The number of carboxylic acid groups (broad SMARTS) is 1. The lowest BCUT2D eigenvalue weighted by atomic mass is 10.1. The van der Waals surface area contributed by atoms with Crippen molar-refractivity contribution in [2.75, 3.05) is 6.54 Å². The van der Waals surface area contributed by atoms with Gasteiger partial charge in [-0.3, -0.25) is 9.48 Å². The first kappa shape index (κ1) is 13.8. The van der Waals surface area contributed by atoms with Crippen molar-refractivity contribution in [1.82, 2.24) is 15.1 Å². The molecule has 1 heterocycles. The van der Waals surface area contributed by atoms with Crippen LogP contribution in [0.4, 0.5) is 0 Å². The molecule has 0 spiro atoms. The highest BCUT2D eigenvalue weighted by molar-refractivity contribution is 6.03. The van der Waals surface area contributed by atoms with E-state index < -0.39 is 11.9 Å². The summed E-state index contributed by atoms with van der Waals surface area (Å²) in [5.41, 5.74) is 0.954. The third-order valence-electron chi connectivity index (χ3n) is 2.82. The van der Waals surface area contributed by atoms with Crippen LogP contribution in [-0.2, 0) is 13.5 Å². The van der Waals surface area contributed by atoms with Crippen molar-refractivity contribution in [3.05, 3.63) is 53.3 Å². The third kappa shape index (κ3) is 3.23. The number of aromatic carboxylic acids is 1. The third-order valence-corrected chi connectivity index (χ3v) is 2.82. The minimum absolute atomic E-state index is 0.0769. The minimum Gasteiger partial charge on any atom is -0.476 e. The molecule has 0 aliphatic carbocycles. The zero-order valence-corrected chi connectivity index (χ0v) is 11.0. The topological polar surface area (TPSA) is 84.2 Å². The highest BCUT2D eigenvalue weighted by Crippen LogP contribution is 2.06. The van der Waals surface area contributed by atoms with E-state index in [4.69, 9.17) is 5.11 Å². The maximum Gasteiger partial charge on any atom is 0.357 e. The zero-order valence-electron chi connectivity index (χ0n) is 11.0. The van der Waals surface area contributed by atoms with E-state index >= 15 is 0 Å². The average Bonchev–Trinajstić information content (AvgIpc) is 2.82. The van der Waals surface area contributed by atoms with Crippen molar-refractivity contribution in [3.8, 4) is 0 Å². The molecular weight excluding hydrogens is 258 g/mol. The Bertz CT molecular complexity index is 620. The molecule has 2 N–H and O–H groups in total. The number of rotatable bonds is 5. The Hall–Kier alpha value is -2.63. The van der Waals surface area contributed by atoms with Gasteiger partial charge in [-0.05, 0) is 12.0 Å². The molecule has 20 heavy (non-hydrogen) atoms. The van der Waals surface area contributed by atoms with Gasteiger partial charge in [0.2, 0.25) is 0 Å². The standard InChI is InChI=1S/C14H15N3O3/c1-17-9-11(12(16-17)14(19)20)13(18)15-8-7-10-5-3-2-4-6-10/h2-6,9H,7-8H2,1H3,(H,15,18)(H,19,20). The first-order valence-corrected chi connectivity index (χ1v) is 6.17. The number of hydrogen-bond donors (Lipinski definition) is 2. The largest absolute Gasteiger partial charge is 0.476 e. The monoisotopic (exact) mass is 273 g/mol. The fraction of sp³-hybridized carbons (Fsp3) is 0.214. The number of nitrogens with zero attached hydrogens (tertiary/aromatic N) is 2. The van der Waals surface area contributed by atoms with E-state index in [9.17, 15) is 9.59 Å². The normalized spacial score (nSPS) is 10.2. The van der Waals surface area contributed by atoms with Crippen LogP contribution in [0.2, 0.25) is 0 Å². The van der Waals surface area contributed by atoms with E-state index in [0.717, 1.165) is 5.56 Å². The summed E-state index contributed by atoms with van der Waals surface area (Å²) >= 11 is 0. The molecule has 0 radical (unpaired) electrons. The number of aryl methyl sites for hydroxylation is 1. The number of carbonyl (C=O) groups is 2. The maximum absolute atomic E-state index is 11.9. The van der Waals surface area contributed by atoms with Crippen molar-refractivity contribution in [3.63, 3.8) is 0 Å². The van der Waals surface area contributed by atoms with Gasteiger partial charge in [0.25, 0.3) is 5.91 Å². The zero-order chi connectivity index (χ0) is 14.5. The molecule has 0 saturated heterocycles. The van der Waals surface area contributed by atoms with Gasteiger partial charge in [-0.25, -0.2) is 4.79 Å². The quantitative estimate of drug-likeness (QED) is 0.854.